The number of halogens is 1. The Bertz CT molecular complexity index is 1490. The molecule has 1 amide bonds. The normalized spacial score (nSPS) is 11.8. The first-order valence-electron chi connectivity index (χ1n) is 12.7. The molecule has 1 N–H and O–H groups in total. The van der Waals surface area contributed by atoms with Crippen molar-refractivity contribution in [3.8, 4) is 17.2 Å². The average Bonchev–Trinajstić information content (AvgIpc) is 3.55. The number of ether oxygens (including phenoxy) is 3. The van der Waals surface area contributed by atoms with Crippen molar-refractivity contribution in [2.75, 3.05) is 6.61 Å². The van der Waals surface area contributed by atoms with E-state index in [0.29, 0.717) is 23.9 Å². The van der Waals surface area contributed by atoms with Gasteiger partial charge in [-0.25, -0.2) is 10.2 Å². The van der Waals surface area contributed by atoms with Gasteiger partial charge in [-0.3, -0.25) is 4.79 Å². The summed E-state index contributed by atoms with van der Waals surface area (Å²) in [7, 11) is 0. The third-order valence-corrected chi connectivity index (χ3v) is 6.73. The molecule has 0 fully saturated rings. The quantitative estimate of drug-likeness (QED) is 0.0926. The number of aromatic nitrogens is 1. The highest BCUT2D eigenvalue weighted by atomic mass is 127. The minimum atomic E-state index is -0.722. The fourth-order valence-electron chi connectivity index (χ4n) is 3.91. The van der Waals surface area contributed by atoms with Crippen molar-refractivity contribution in [2.24, 2.45) is 5.10 Å². The maximum atomic E-state index is 12.5. The lowest BCUT2D eigenvalue weighted by Gasteiger charge is -2.14. The molecule has 0 spiro atoms. The second-order valence-corrected chi connectivity index (χ2v) is 10.1. The largest absolute Gasteiger partial charge is 0.486 e. The van der Waals surface area contributed by atoms with Gasteiger partial charge in [0.2, 0.25) is 0 Å². The van der Waals surface area contributed by atoms with E-state index in [9.17, 15) is 9.59 Å². The van der Waals surface area contributed by atoms with Crippen molar-refractivity contribution in [3.63, 3.8) is 0 Å². The summed E-state index contributed by atoms with van der Waals surface area (Å²) in [5.74, 6) is 0.969. The van der Waals surface area contributed by atoms with Crippen LogP contribution in [0.1, 0.15) is 47.1 Å². The Balaban J connectivity index is 1.27. The molecule has 2 heterocycles. The summed E-state index contributed by atoms with van der Waals surface area (Å²) in [6.07, 6.45) is 0.784. The lowest BCUT2D eigenvalue weighted by molar-refractivity contribution is -0.150. The summed E-state index contributed by atoms with van der Waals surface area (Å²) in [6.45, 7) is 7.99. The monoisotopic (exact) mass is 655 g/mol. The second kappa shape index (κ2) is 13.3. The molecule has 0 unspecified atom stereocenters. The molecule has 9 nitrogen and oxygen atoms in total. The molecular weight excluding hydrogens is 625 g/mol. The molecule has 2 aromatic heterocycles. The number of benzene rings is 2. The number of esters is 1. The number of carbonyl (C=O) groups excluding carboxylic acids is 2. The smallest absolute Gasteiger partial charge is 0.347 e. The van der Waals surface area contributed by atoms with E-state index in [1.165, 1.54) is 6.21 Å². The predicted molar refractivity (Wildman–Crippen MR) is 159 cm³/mol. The molecule has 0 aliphatic heterocycles. The van der Waals surface area contributed by atoms with Crippen molar-refractivity contribution in [1.29, 1.82) is 0 Å². The van der Waals surface area contributed by atoms with Crippen LogP contribution in [0.4, 0.5) is 0 Å². The minimum absolute atomic E-state index is 0.121. The highest BCUT2D eigenvalue weighted by Gasteiger charge is 2.17. The number of nitrogens with one attached hydrogen (secondary N) is 1. The van der Waals surface area contributed by atoms with E-state index in [2.05, 4.69) is 63.7 Å². The van der Waals surface area contributed by atoms with E-state index in [0.717, 1.165) is 26.2 Å². The standard InChI is InChI=1S/C30H30IN3O6/c1-5-37-30(36)21(4)39-27-14-8-22(16-26(27)31)17-32-33-29(35)28-15-13-25(40-28)18-38-24-11-9-23(10-12-24)34-19(2)6-7-20(34)3/h6-17,21H,5,18H2,1-4H3,(H,33,35)/b32-17+/t21-/m1/s1. The lowest BCUT2D eigenvalue weighted by Crippen LogP contribution is -2.26. The van der Waals surface area contributed by atoms with Crippen LogP contribution in [0, 0.1) is 17.4 Å². The van der Waals surface area contributed by atoms with Crippen LogP contribution in [-0.4, -0.2) is 35.4 Å². The number of hydrogen-bond donors (Lipinski definition) is 1. The molecule has 4 aromatic rings. The highest BCUT2D eigenvalue weighted by Crippen LogP contribution is 2.23. The Labute approximate surface area is 246 Å². The van der Waals surface area contributed by atoms with E-state index in [1.807, 2.05) is 30.3 Å². The first-order chi connectivity index (χ1) is 19.2. The van der Waals surface area contributed by atoms with E-state index in [4.69, 9.17) is 18.6 Å². The zero-order valence-corrected chi connectivity index (χ0v) is 24.8. The summed E-state index contributed by atoms with van der Waals surface area (Å²) in [5, 5.41) is 4.01. The number of aryl methyl sites for hydroxylation is 2. The fourth-order valence-corrected chi connectivity index (χ4v) is 4.58. The zero-order valence-electron chi connectivity index (χ0n) is 22.6. The zero-order chi connectivity index (χ0) is 28.6. The summed E-state index contributed by atoms with van der Waals surface area (Å²) in [6, 6.07) is 20.6. The van der Waals surface area contributed by atoms with Gasteiger partial charge in [0.15, 0.2) is 11.9 Å². The molecule has 10 heteroatoms. The van der Waals surface area contributed by atoms with Crippen LogP contribution < -0.4 is 14.9 Å². The highest BCUT2D eigenvalue weighted by molar-refractivity contribution is 14.1. The third kappa shape index (κ3) is 7.32. The summed E-state index contributed by atoms with van der Waals surface area (Å²) >= 11 is 2.11. The number of hydrogen-bond acceptors (Lipinski definition) is 7. The van der Waals surface area contributed by atoms with Gasteiger partial charge >= 0.3 is 11.9 Å². The van der Waals surface area contributed by atoms with Crippen LogP contribution in [0.5, 0.6) is 11.5 Å². The molecule has 0 aliphatic rings. The average molecular weight is 655 g/mol. The fraction of sp³-hybridized carbons (Fsp3) is 0.233. The van der Waals surface area contributed by atoms with E-state index in [1.54, 1.807) is 38.1 Å². The van der Waals surface area contributed by atoms with Crippen LogP contribution in [0.25, 0.3) is 5.69 Å². The lowest BCUT2D eigenvalue weighted by atomic mass is 10.2. The molecule has 0 radical (unpaired) electrons. The van der Waals surface area contributed by atoms with E-state index in [-0.39, 0.29) is 12.4 Å². The second-order valence-electron chi connectivity index (χ2n) is 8.90. The Morgan fingerprint density at radius 1 is 1.05 bits per heavy atom. The molecule has 0 saturated heterocycles. The molecule has 0 bridgehead atoms. The van der Waals surface area contributed by atoms with Crippen molar-refractivity contribution < 1.29 is 28.2 Å². The molecular formula is C30H30IN3O6. The third-order valence-electron chi connectivity index (χ3n) is 5.89. The molecule has 208 valence electrons. The molecule has 40 heavy (non-hydrogen) atoms. The number of hydrazone groups is 1. The van der Waals surface area contributed by atoms with Crippen LogP contribution in [-0.2, 0) is 16.1 Å². The van der Waals surface area contributed by atoms with Gasteiger partial charge in [-0.15, -0.1) is 0 Å². The van der Waals surface area contributed by atoms with Crippen molar-refractivity contribution in [2.45, 2.75) is 40.4 Å². The van der Waals surface area contributed by atoms with E-state index >= 15 is 0 Å². The van der Waals surface area contributed by atoms with Crippen LogP contribution >= 0.6 is 22.6 Å². The SMILES string of the molecule is CCOC(=O)[C@@H](C)Oc1ccc(/C=N/NC(=O)c2ccc(COc3ccc(-n4c(C)ccc4C)cc3)o2)cc1I. The van der Waals surface area contributed by atoms with Gasteiger partial charge < -0.3 is 23.2 Å². The number of furan rings is 1. The van der Waals surface area contributed by atoms with Crippen LogP contribution in [0.15, 0.2) is 76.2 Å². The minimum Gasteiger partial charge on any atom is -0.486 e. The topological polar surface area (TPSA) is 104 Å². The molecule has 4 rings (SSSR count). The summed E-state index contributed by atoms with van der Waals surface area (Å²) < 4.78 is 25.0. The predicted octanol–water partition coefficient (Wildman–Crippen LogP) is 5.97. The number of rotatable bonds is 11. The maximum Gasteiger partial charge on any atom is 0.347 e. The Hall–Kier alpha value is -4.06. The number of nitrogens with zero attached hydrogens (tertiary/aromatic N) is 2. The Morgan fingerprint density at radius 3 is 2.45 bits per heavy atom. The van der Waals surface area contributed by atoms with Crippen LogP contribution in [0.3, 0.4) is 0 Å². The molecule has 0 saturated carbocycles. The number of amides is 1. The van der Waals surface area contributed by atoms with Crippen molar-refractivity contribution in [3.05, 3.63) is 98.8 Å². The van der Waals surface area contributed by atoms with Gasteiger partial charge in [0.25, 0.3) is 0 Å². The first-order valence-corrected chi connectivity index (χ1v) is 13.8. The summed E-state index contributed by atoms with van der Waals surface area (Å²) in [4.78, 5) is 24.3. The van der Waals surface area contributed by atoms with Crippen molar-refractivity contribution >= 4 is 40.7 Å². The Kier molecular flexibility index (Phi) is 9.65. The van der Waals surface area contributed by atoms with Gasteiger partial charge in [-0.05, 0) is 123 Å². The molecule has 1 atom stereocenters. The van der Waals surface area contributed by atoms with Crippen molar-refractivity contribution in [1.82, 2.24) is 9.99 Å². The number of carbonyl (C=O) groups is 2. The Morgan fingerprint density at radius 2 is 1.77 bits per heavy atom. The van der Waals surface area contributed by atoms with Gasteiger partial charge in [-0.1, -0.05) is 0 Å². The first kappa shape index (κ1) is 28.9. The van der Waals surface area contributed by atoms with Gasteiger partial charge in [0, 0.05) is 17.1 Å². The summed E-state index contributed by atoms with van der Waals surface area (Å²) in [5.41, 5.74) is 6.59. The maximum absolute atomic E-state index is 12.5. The van der Waals surface area contributed by atoms with Gasteiger partial charge in [-0.2, -0.15) is 5.10 Å². The van der Waals surface area contributed by atoms with E-state index < -0.39 is 18.0 Å². The van der Waals surface area contributed by atoms with Gasteiger partial charge in [0.05, 0.1) is 16.4 Å². The van der Waals surface area contributed by atoms with Crippen LogP contribution in [0.2, 0.25) is 0 Å². The molecule has 2 aromatic carbocycles. The van der Waals surface area contributed by atoms with Gasteiger partial charge in [0.1, 0.15) is 23.9 Å². The molecule has 0 aliphatic carbocycles.